The third-order valence-electron chi connectivity index (χ3n) is 3.64. The van der Waals surface area contributed by atoms with E-state index in [4.69, 9.17) is 4.74 Å². The summed E-state index contributed by atoms with van der Waals surface area (Å²) in [6.07, 6.45) is 5.86. The van der Waals surface area contributed by atoms with Gasteiger partial charge in [-0.3, -0.25) is 4.98 Å². The van der Waals surface area contributed by atoms with E-state index in [-0.39, 0.29) is 0 Å². The SMILES string of the molecule is CN1CCC[C@H](c2cccc(Oc3cccnc3)n2)C1. The molecule has 0 aromatic carbocycles. The Bertz CT molecular complexity index is 559. The smallest absolute Gasteiger partial charge is 0.219 e. The van der Waals surface area contributed by atoms with Crippen molar-refractivity contribution in [2.75, 3.05) is 20.1 Å². The molecule has 1 saturated heterocycles. The second-order valence-corrected chi connectivity index (χ2v) is 5.29. The predicted molar refractivity (Wildman–Crippen MR) is 78.0 cm³/mol. The van der Waals surface area contributed by atoms with Crippen LogP contribution in [0.25, 0.3) is 0 Å². The minimum absolute atomic E-state index is 0.506. The Kier molecular flexibility index (Phi) is 3.92. The topological polar surface area (TPSA) is 38.2 Å². The Labute approximate surface area is 119 Å². The van der Waals surface area contributed by atoms with Gasteiger partial charge in [0, 0.05) is 30.4 Å². The van der Waals surface area contributed by atoms with Crippen LogP contribution in [0, 0.1) is 0 Å². The van der Waals surface area contributed by atoms with Crippen LogP contribution in [0.5, 0.6) is 11.6 Å². The number of ether oxygens (including phenoxy) is 1. The largest absolute Gasteiger partial charge is 0.437 e. The molecule has 0 unspecified atom stereocenters. The molecule has 20 heavy (non-hydrogen) atoms. The summed E-state index contributed by atoms with van der Waals surface area (Å²) in [5.41, 5.74) is 1.12. The van der Waals surface area contributed by atoms with E-state index in [2.05, 4.69) is 28.0 Å². The lowest BCUT2D eigenvalue weighted by molar-refractivity contribution is 0.248. The first-order valence-electron chi connectivity index (χ1n) is 7.04. The summed E-state index contributed by atoms with van der Waals surface area (Å²) in [7, 11) is 2.17. The fourth-order valence-electron chi connectivity index (χ4n) is 2.65. The Morgan fingerprint density at radius 1 is 1.25 bits per heavy atom. The van der Waals surface area contributed by atoms with E-state index in [9.17, 15) is 0 Å². The second-order valence-electron chi connectivity index (χ2n) is 5.29. The highest BCUT2D eigenvalue weighted by atomic mass is 16.5. The minimum atomic E-state index is 0.506. The molecule has 2 aromatic heterocycles. The number of likely N-dealkylation sites (N-methyl/N-ethyl adjacent to an activating group) is 1. The number of piperidine rings is 1. The minimum Gasteiger partial charge on any atom is -0.437 e. The van der Waals surface area contributed by atoms with Gasteiger partial charge in [-0.1, -0.05) is 6.07 Å². The zero-order valence-electron chi connectivity index (χ0n) is 11.7. The van der Waals surface area contributed by atoms with Crippen LogP contribution in [-0.4, -0.2) is 35.0 Å². The van der Waals surface area contributed by atoms with Gasteiger partial charge in [0.1, 0.15) is 5.75 Å². The van der Waals surface area contributed by atoms with Crippen molar-refractivity contribution in [1.29, 1.82) is 0 Å². The number of nitrogens with zero attached hydrogens (tertiary/aromatic N) is 3. The fourth-order valence-corrected chi connectivity index (χ4v) is 2.65. The third-order valence-corrected chi connectivity index (χ3v) is 3.64. The van der Waals surface area contributed by atoms with Crippen molar-refractivity contribution in [3.05, 3.63) is 48.4 Å². The zero-order chi connectivity index (χ0) is 13.8. The van der Waals surface area contributed by atoms with Gasteiger partial charge in [-0.05, 0) is 44.6 Å². The third kappa shape index (κ3) is 3.14. The summed E-state index contributed by atoms with van der Waals surface area (Å²) >= 11 is 0. The number of hydrogen-bond donors (Lipinski definition) is 0. The van der Waals surface area contributed by atoms with E-state index in [1.165, 1.54) is 19.4 Å². The van der Waals surface area contributed by atoms with Gasteiger partial charge in [-0.2, -0.15) is 0 Å². The van der Waals surface area contributed by atoms with Crippen LogP contribution in [0.1, 0.15) is 24.5 Å². The molecule has 3 heterocycles. The van der Waals surface area contributed by atoms with E-state index >= 15 is 0 Å². The first-order chi connectivity index (χ1) is 9.81. The maximum Gasteiger partial charge on any atom is 0.219 e. The lowest BCUT2D eigenvalue weighted by atomic mass is 9.95. The van der Waals surface area contributed by atoms with Gasteiger partial charge in [0.25, 0.3) is 0 Å². The van der Waals surface area contributed by atoms with Crippen molar-refractivity contribution < 1.29 is 4.74 Å². The van der Waals surface area contributed by atoms with Crippen LogP contribution in [0.2, 0.25) is 0 Å². The highest BCUT2D eigenvalue weighted by molar-refractivity contribution is 5.25. The molecule has 3 rings (SSSR count). The molecule has 1 aliphatic rings. The molecule has 0 aliphatic carbocycles. The quantitative estimate of drug-likeness (QED) is 0.858. The van der Waals surface area contributed by atoms with Crippen LogP contribution in [0.4, 0.5) is 0 Å². The maximum atomic E-state index is 5.75. The van der Waals surface area contributed by atoms with E-state index in [0.717, 1.165) is 18.0 Å². The molecule has 0 spiro atoms. The predicted octanol–water partition coefficient (Wildman–Crippen LogP) is 3.08. The standard InChI is InChI=1S/C16H19N3O/c1-19-10-4-5-13(12-19)15-7-2-8-16(18-15)20-14-6-3-9-17-11-14/h2-3,6-9,11,13H,4-5,10,12H2,1H3/t13-/m0/s1. The van der Waals surface area contributed by atoms with E-state index in [1.54, 1.807) is 12.4 Å². The number of rotatable bonds is 3. The van der Waals surface area contributed by atoms with Gasteiger partial charge in [0.15, 0.2) is 0 Å². The molecule has 1 aliphatic heterocycles. The van der Waals surface area contributed by atoms with Gasteiger partial charge in [-0.15, -0.1) is 0 Å². The van der Waals surface area contributed by atoms with Crippen LogP contribution in [-0.2, 0) is 0 Å². The monoisotopic (exact) mass is 269 g/mol. The molecule has 4 heteroatoms. The molecule has 0 radical (unpaired) electrons. The number of hydrogen-bond acceptors (Lipinski definition) is 4. The van der Waals surface area contributed by atoms with E-state index in [1.807, 2.05) is 24.3 Å². The van der Waals surface area contributed by atoms with Crippen LogP contribution >= 0.6 is 0 Å². The average molecular weight is 269 g/mol. The van der Waals surface area contributed by atoms with Crippen LogP contribution < -0.4 is 4.74 Å². The average Bonchev–Trinajstić information content (AvgIpc) is 2.49. The van der Waals surface area contributed by atoms with Crippen molar-refractivity contribution >= 4 is 0 Å². The highest BCUT2D eigenvalue weighted by Gasteiger charge is 2.20. The van der Waals surface area contributed by atoms with Crippen molar-refractivity contribution in [2.24, 2.45) is 0 Å². The molecule has 2 aromatic rings. The summed E-state index contributed by atoms with van der Waals surface area (Å²) in [5.74, 6) is 1.87. The van der Waals surface area contributed by atoms with Gasteiger partial charge in [0.05, 0.1) is 6.20 Å². The summed E-state index contributed by atoms with van der Waals surface area (Å²) in [6, 6.07) is 9.75. The van der Waals surface area contributed by atoms with Gasteiger partial charge < -0.3 is 9.64 Å². The Morgan fingerprint density at radius 3 is 3.00 bits per heavy atom. The molecular weight excluding hydrogens is 250 g/mol. The molecular formula is C16H19N3O. The molecule has 104 valence electrons. The first kappa shape index (κ1) is 13.1. The molecule has 0 bridgehead atoms. The zero-order valence-corrected chi connectivity index (χ0v) is 11.7. The van der Waals surface area contributed by atoms with Crippen LogP contribution in [0.3, 0.4) is 0 Å². The first-order valence-corrected chi connectivity index (χ1v) is 7.04. The second kappa shape index (κ2) is 6.01. The van der Waals surface area contributed by atoms with Crippen molar-refractivity contribution in [1.82, 2.24) is 14.9 Å². The van der Waals surface area contributed by atoms with Crippen molar-refractivity contribution in [3.8, 4) is 11.6 Å². The highest BCUT2D eigenvalue weighted by Crippen LogP contribution is 2.27. The lowest BCUT2D eigenvalue weighted by Crippen LogP contribution is -2.31. The van der Waals surface area contributed by atoms with Crippen molar-refractivity contribution in [2.45, 2.75) is 18.8 Å². The summed E-state index contributed by atoms with van der Waals surface area (Å²) in [6.45, 7) is 2.26. The van der Waals surface area contributed by atoms with Gasteiger partial charge >= 0.3 is 0 Å². The number of likely N-dealkylation sites (tertiary alicyclic amines) is 1. The van der Waals surface area contributed by atoms with Crippen molar-refractivity contribution in [3.63, 3.8) is 0 Å². The fraction of sp³-hybridized carbons (Fsp3) is 0.375. The number of aromatic nitrogens is 2. The molecule has 4 nitrogen and oxygen atoms in total. The maximum absolute atomic E-state index is 5.75. The van der Waals surface area contributed by atoms with Gasteiger partial charge in [-0.25, -0.2) is 4.98 Å². The lowest BCUT2D eigenvalue weighted by Gasteiger charge is -2.29. The molecule has 0 amide bonds. The molecule has 0 N–H and O–H groups in total. The molecule has 1 atom stereocenters. The molecule has 1 fully saturated rings. The summed E-state index contributed by atoms with van der Waals surface area (Å²) in [4.78, 5) is 11.1. The number of pyridine rings is 2. The van der Waals surface area contributed by atoms with E-state index < -0.39 is 0 Å². The Balaban J connectivity index is 1.75. The van der Waals surface area contributed by atoms with Crippen LogP contribution in [0.15, 0.2) is 42.7 Å². The summed E-state index contributed by atoms with van der Waals surface area (Å²) in [5, 5.41) is 0. The van der Waals surface area contributed by atoms with Gasteiger partial charge in [0.2, 0.25) is 5.88 Å². The normalized spacial score (nSPS) is 19.8. The Hall–Kier alpha value is -1.94. The van der Waals surface area contributed by atoms with E-state index in [0.29, 0.717) is 11.8 Å². The Morgan fingerprint density at radius 2 is 2.20 bits per heavy atom. The molecule has 0 saturated carbocycles. The summed E-state index contributed by atoms with van der Waals surface area (Å²) < 4.78 is 5.75.